The number of hydrogen-bond acceptors (Lipinski definition) is 4. The first kappa shape index (κ1) is 22.9. The number of carbonyl (C=O) groups is 2. The highest BCUT2D eigenvalue weighted by Crippen LogP contribution is 2.31. The Morgan fingerprint density at radius 1 is 1.12 bits per heavy atom. The Hall–Kier alpha value is -4.28. The molecule has 3 heterocycles. The second-order valence-electron chi connectivity index (χ2n) is 7.42. The number of benzene rings is 1. The zero-order valence-corrected chi connectivity index (χ0v) is 17.9. The predicted molar refractivity (Wildman–Crippen MR) is 115 cm³/mol. The van der Waals surface area contributed by atoms with Crippen molar-refractivity contribution in [1.82, 2.24) is 25.0 Å². The molecule has 2 amide bonds. The molecule has 0 saturated heterocycles. The van der Waals surface area contributed by atoms with Crippen molar-refractivity contribution in [2.45, 2.75) is 25.7 Å². The number of amides is 2. The van der Waals surface area contributed by atoms with Gasteiger partial charge in [-0.2, -0.15) is 18.3 Å². The van der Waals surface area contributed by atoms with Crippen LogP contribution in [-0.2, 0) is 17.5 Å². The van der Waals surface area contributed by atoms with Gasteiger partial charge in [0, 0.05) is 12.4 Å². The fraction of sp³-hybridized carbons (Fsp3) is 0.174. The number of furan rings is 1. The van der Waals surface area contributed by atoms with Gasteiger partial charge in [0.1, 0.15) is 17.4 Å². The largest absolute Gasteiger partial charge is 0.467 e. The molecule has 1 aromatic carbocycles. The molecule has 1 atom stereocenters. The van der Waals surface area contributed by atoms with Gasteiger partial charge in [0.2, 0.25) is 5.91 Å². The van der Waals surface area contributed by atoms with Crippen LogP contribution in [0.4, 0.5) is 13.2 Å². The van der Waals surface area contributed by atoms with Gasteiger partial charge in [-0.15, -0.1) is 0 Å². The number of aromatic nitrogens is 3. The van der Waals surface area contributed by atoms with Gasteiger partial charge >= 0.3 is 6.18 Å². The summed E-state index contributed by atoms with van der Waals surface area (Å²) in [6, 6.07) is 10.5. The Morgan fingerprint density at radius 3 is 2.56 bits per heavy atom. The second-order valence-corrected chi connectivity index (χ2v) is 7.42. The van der Waals surface area contributed by atoms with Crippen LogP contribution in [0.2, 0.25) is 0 Å². The Balaban J connectivity index is 1.59. The second kappa shape index (κ2) is 9.30. The first-order valence-corrected chi connectivity index (χ1v) is 10.2. The Bertz CT molecular complexity index is 1280. The normalized spacial score (nSPS) is 12.4. The van der Waals surface area contributed by atoms with E-state index in [2.05, 4.69) is 15.7 Å². The molecule has 4 aromatic rings. The average molecular weight is 471 g/mol. The van der Waals surface area contributed by atoms with Crippen LogP contribution in [-0.4, -0.2) is 32.2 Å². The van der Waals surface area contributed by atoms with Crippen molar-refractivity contribution < 1.29 is 27.2 Å². The summed E-state index contributed by atoms with van der Waals surface area (Å²) in [6.45, 7) is 1.68. The van der Waals surface area contributed by atoms with Gasteiger partial charge in [0.25, 0.3) is 5.91 Å². The lowest BCUT2D eigenvalue weighted by Gasteiger charge is -2.15. The van der Waals surface area contributed by atoms with E-state index in [9.17, 15) is 22.8 Å². The molecule has 1 unspecified atom stereocenters. The summed E-state index contributed by atoms with van der Waals surface area (Å²) < 4.78 is 47.6. The number of rotatable bonds is 7. The van der Waals surface area contributed by atoms with Crippen molar-refractivity contribution in [3.63, 3.8) is 0 Å². The topological polar surface area (TPSA) is 94.1 Å². The molecule has 11 heteroatoms. The molecule has 0 bridgehead atoms. The number of halogens is 3. The number of carbonyl (C=O) groups excluding carboxylic acids is 2. The maximum absolute atomic E-state index is 13.2. The number of nitrogens with one attached hydrogen (secondary N) is 2. The van der Waals surface area contributed by atoms with E-state index in [0.29, 0.717) is 5.76 Å². The monoisotopic (exact) mass is 471 g/mol. The van der Waals surface area contributed by atoms with E-state index in [-0.39, 0.29) is 23.6 Å². The summed E-state index contributed by atoms with van der Waals surface area (Å²) in [6.07, 6.45) is 1.47. The van der Waals surface area contributed by atoms with Gasteiger partial charge in [-0.3, -0.25) is 9.59 Å². The first-order chi connectivity index (χ1) is 16.2. The maximum atomic E-state index is 13.2. The van der Waals surface area contributed by atoms with Crippen LogP contribution in [0.3, 0.4) is 0 Å². The summed E-state index contributed by atoms with van der Waals surface area (Å²) in [7, 11) is 0. The highest BCUT2D eigenvalue weighted by atomic mass is 19.4. The van der Waals surface area contributed by atoms with Crippen LogP contribution in [0.5, 0.6) is 0 Å². The van der Waals surface area contributed by atoms with Crippen molar-refractivity contribution in [3.05, 3.63) is 90.3 Å². The lowest BCUT2D eigenvalue weighted by Crippen LogP contribution is -2.44. The quantitative estimate of drug-likeness (QED) is 0.430. The lowest BCUT2D eigenvalue weighted by atomic mass is 10.2. The van der Waals surface area contributed by atoms with Crippen molar-refractivity contribution in [1.29, 1.82) is 0 Å². The zero-order valence-electron chi connectivity index (χ0n) is 17.9. The summed E-state index contributed by atoms with van der Waals surface area (Å²) in [4.78, 5) is 25.4. The first-order valence-electron chi connectivity index (χ1n) is 10.2. The van der Waals surface area contributed by atoms with Crippen molar-refractivity contribution in [2.75, 3.05) is 0 Å². The SMILES string of the molecule is CC(NC(=O)c1cnn(-c2cccc(C(F)(F)F)c2)c1-n1cccc1)C(=O)NCc1ccco1. The third-order valence-corrected chi connectivity index (χ3v) is 5.01. The van der Waals surface area contributed by atoms with E-state index in [0.717, 1.165) is 12.1 Å². The predicted octanol–water partition coefficient (Wildman–Crippen LogP) is 3.71. The number of hydrogen-bond donors (Lipinski definition) is 2. The fourth-order valence-corrected chi connectivity index (χ4v) is 3.31. The molecule has 0 aliphatic heterocycles. The summed E-state index contributed by atoms with van der Waals surface area (Å²) in [5, 5.41) is 9.42. The minimum absolute atomic E-state index is 0.0827. The molecule has 0 fully saturated rings. The van der Waals surface area contributed by atoms with Crippen LogP contribution in [0, 0.1) is 0 Å². The van der Waals surface area contributed by atoms with E-state index in [4.69, 9.17) is 4.42 Å². The van der Waals surface area contributed by atoms with Crippen LogP contribution < -0.4 is 10.6 Å². The van der Waals surface area contributed by atoms with E-state index < -0.39 is 29.6 Å². The van der Waals surface area contributed by atoms with E-state index in [1.807, 2.05) is 0 Å². The van der Waals surface area contributed by atoms with Crippen LogP contribution >= 0.6 is 0 Å². The average Bonchev–Trinajstić information content (AvgIpc) is 3.58. The van der Waals surface area contributed by atoms with Crippen molar-refractivity contribution >= 4 is 11.8 Å². The maximum Gasteiger partial charge on any atom is 0.416 e. The molecule has 4 rings (SSSR count). The Labute approximate surface area is 192 Å². The van der Waals surface area contributed by atoms with Crippen LogP contribution in [0.25, 0.3) is 11.5 Å². The highest BCUT2D eigenvalue weighted by Gasteiger charge is 2.31. The lowest BCUT2D eigenvalue weighted by molar-refractivity contribution is -0.137. The molecule has 176 valence electrons. The van der Waals surface area contributed by atoms with Gasteiger partial charge in [0.15, 0.2) is 5.82 Å². The third-order valence-electron chi connectivity index (χ3n) is 5.01. The van der Waals surface area contributed by atoms with Gasteiger partial charge < -0.3 is 19.6 Å². The molecule has 0 spiro atoms. The third kappa shape index (κ3) is 4.87. The summed E-state index contributed by atoms with van der Waals surface area (Å²) >= 11 is 0. The fourth-order valence-electron chi connectivity index (χ4n) is 3.31. The van der Waals surface area contributed by atoms with Crippen molar-refractivity contribution in [3.8, 4) is 11.5 Å². The standard InChI is InChI=1S/C23H20F3N5O3/c1-15(20(32)27-13-18-8-5-11-34-18)29-21(33)19-14-28-31(22(19)30-9-2-3-10-30)17-7-4-6-16(12-17)23(24,25)26/h2-12,14-15H,13H2,1H3,(H,27,32)(H,29,33). The summed E-state index contributed by atoms with van der Waals surface area (Å²) in [5.41, 5.74) is -0.632. The minimum Gasteiger partial charge on any atom is -0.467 e. The van der Waals surface area contributed by atoms with E-state index in [1.165, 1.54) is 36.2 Å². The van der Waals surface area contributed by atoms with Gasteiger partial charge in [-0.05, 0) is 49.4 Å². The van der Waals surface area contributed by atoms with Crippen molar-refractivity contribution in [2.24, 2.45) is 0 Å². The minimum atomic E-state index is -4.53. The molecule has 0 saturated carbocycles. The molecule has 34 heavy (non-hydrogen) atoms. The van der Waals surface area contributed by atoms with E-state index >= 15 is 0 Å². The Morgan fingerprint density at radius 2 is 1.88 bits per heavy atom. The molecule has 3 aromatic heterocycles. The van der Waals surface area contributed by atoms with Crippen LogP contribution in [0.1, 0.15) is 28.6 Å². The molecule has 0 aliphatic carbocycles. The molecular formula is C23H20F3N5O3. The highest BCUT2D eigenvalue weighted by molar-refractivity contribution is 5.99. The molecule has 2 N–H and O–H groups in total. The Kier molecular flexibility index (Phi) is 6.26. The van der Waals surface area contributed by atoms with Gasteiger partial charge in [-0.1, -0.05) is 6.07 Å². The number of alkyl halides is 3. The van der Waals surface area contributed by atoms with Crippen LogP contribution in [0.15, 0.2) is 77.8 Å². The number of nitrogens with zero attached hydrogens (tertiary/aromatic N) is 3. The zero-order chi connectivity index (χ0) is 24.3. The molecular weight excluding hydrogens is 451 g/mol. The molecule has 0 aliphatic rings. The smallest absolute Gasteiger partial charge is 0.416 e. The van der Waals surface area contributed by atoms with E-state index in [1.54, 1.807) is 41.2 Å². The van der Waals surface area contributed by atoms with Gasteiger partial charge in [-0.25, -0.2) is 4.68 Å². The molecule has 8 nitrogen and oxygen atoms in total. The molecule has 0 radical (unpaired) electrons. The van der Waals surface area contributed by atoms with Gasteiger partial charge in [0.05, 0.1) is 30.3 Å². The summed E-state index contributed by atoms with van der Waals surface area (Å²) in [5.74, 6) is -0.255.